The Morgan fingerprint density at radius 3 is 2.31 bits per heavy atom. The van der Waals surface area contributed by atoms with Crippen molar-refractivity contribution in [2.75, 3.05) is 0 Å². The van der Waals surface area contributed by atoms with Crippen LogP contribution in [-0.4, -0.2) is 17.7 Å². The van der Waals surface area contributed by atoms with E-state index in [-0.39, 0.29) is 0 Å². The molecule has 0 atom stereocenters. The normalized spacial score (nSPS) is 19.7. The molecular formula is C9H11N2O2. The molecule has 1 fully saturated rings. The summed E-state index contributed by atoms with van der Waals surface area (Å²) in [5.74, 6) is 0. The van der Waals surface area contributed by atoms with Crippen LogP contribution in [0.15, 0.2) is 9.98 Å². The zero-order chi connectivity index (χ0) is 9.57. The average Bonchev–Trinajstić information content (AvgIpc) is 2.17. The molecule has 0 bridgehead atoms. The van der Waals surface area contributed by atoms with Crippen molar-refractivity contribution in [2.24, 2.45) is 9.98 Å². The van der Waals surface area contributed by atoms with Crippen LogP contribution in [0.5, 0.6) is 0 Å². The van der Waals surface area contributed by atoms with Gasteiger partial charge < -0.3 is 0 Å². The summed E-state index contributed by atoms with van der Waals surface area (Å²) in [6, 6.07) is 0. The third-order valence-corrected chi connectivity index (χ3v) is 2.35. The van der Waals surface area contributed by atoms with Gasteiger partial charge in [0.25, 0.3) is 0 Å². The molecule has 0 aromatic carbocycles. The Labute approximate surface area is 76.8 Å². The van der Waals surface area contributed by atoms with Crippen molar-refractivity contribution in [3.05, 3.63) is 6.54 Å². The standard InChI is InChI=1S/C9H11N2O2/c12-7-10-6-9(11-8-13)4-2-1-3-5-9/h6H,1-5H2. The number of hydrogen-bond donors (Lipinski definition) is 0. The van der Waals surface area contributed by atoms with Crippen molar-refractivity contribution in [3.63, 3.8) is 0 Å². The summed E-state index contributed by atoms with van der Waals surface area (Å²) in [5, 5.41) is 0. The van der Waals surface area contributed by atoms with Crippen LogP contribution in [0, 0.1) is 6.54 Å². The lowest BCUT2D eigenvalue weighted by atomic mass is 9.82. The van der Waals surface area contributed by atoms with Gasteiger partial charge >= 0.3 is 0 Å². The lowest BCUT2D eigenvalue weighted by Gasteiger charge is -2.29. The van der Waals surface area contributed by atoms with E-state index in [1.54, 1.807) is 6.08 Å². The minimum absolute atomic E-state index is 0.572. The fraction of sp³-hybridized carbons (Fsp3) is 0.667. The predicted octanol–water partition coefficient (Wildman–Crippen LogP) is 1.52. The Morgan fingerprint density at radius 2 is 1.77 bits per heavy atom. The number of rotatable bonds is 3. The van der Waals surface area contributed by atoms with Crippen LogP contribution in [0.2, 0.25) is 0 Å². The van der Waals surface area contributed by atoms with E-state index < -0.39 is 5.54 Å². The van der Waals surface area contributed by atoms with E-state index in [1.807, 2.05) is 0 Å². The topological polar surface area (TPSA) is 58.9 Å². The molecule has 4 nitrogen and oxygen atoms in total. The fourth-order valence-electron chi connectivity index (χ4n) is 1.67. The first-order chi connectivity index (χ1) is 6.33. The van der Waals surface area contributed by atoms with Crippen molar-refractivity contribution in [1.82, 2.24) is 0 Å². The van der Waals surface area contributed by atoms with Gasteiger partial charge in [-0.3, -0.25) is 0 Å². The quantitative estimate of drug-likeness (QED) is 0.487. The van der Waals surface area contributed by atoms with E-state index in [0.717, 1.165) is 32.1 Å². The summed E-state index contributed by atoms with van der Waals surface area (Å²) in [6.07, 6.45) is 7.68. The molecule has 0 amide bonds. The first kappa shape index (κ1) is 9.85. The Morgan fingerprint density at radius 1 is 1.08 bits per heavy atom. The molecule has 4 heteroatoms. The molecule has 69 valence electrons. The molecule has 0 heterocycles. The highest BCUT2D eigenvalue weighted by molar-refractivity contribution is 5.38. The van der Waals surface area contributed by atoms with Gasteiger partial charge in [0.2, 0.25) is 12.2 Å². The van der Waals surface area contributed by atoms with Gasteiger partial charge in [-0.25, -0.2) is 9.59 Å². The highest BCUT2D eigenvalue weighted by Gasteiger charge is 2.32. The Kier molecular flexibility index (Phi) is 3.56. The summed E-state index contributed by atoms with van der Waals surface area (Å²) in [5.41, 5.74) is -0.572. The molecule has 1 saturated carbocycles. The summed E-state index contributed by atoms with van der Waals surface area (Å²) in [6.45, 7) is 1.42. The monoisotopic (exact) mass is 179 g/mol. The SMILES string of the molecule is O=C=N[CH]C1(N=C=O)CCCCC1. The maximum absolute atomic E-state index is 10.2. The van der Waals surface area contributed by atoms with E-state index in [0.29, 0.717) is 0 Å². The van der Waals surface area contributed by atoms with Crippen molar-refractivity contribution >= 4 is 12.2 Å². The minimum Gasteiger partial charge on any atom is -0.211 e. The molecule has 0 saturated heterocycles. The molecule has 0 N–H and O–H groups in total. The second-order valence-electron chi connectivity index (χ2n) is 3.22. The van der Waals surface area contributed by atoms with Gasteiger partial charge in [0.15, 0.2) is 0 Å². The van der Waals surface area contributed by atoms with Gasteiger partial charge in [-0.1, -0.05) is 19.3 Å². The number of hydrogen-bond acceptors (Lipinski definition) is 4. The molecular weight excluding hydrogens is 168 g/mol. The third kappa shape index (κ3) is 2.62. The molecule has 13 heavy (non-hydrogen) atoms. The predicted molar refractivity (Wildman–Crippen MR) is 46.4 cm³/mol. The van der Waals surface area contributed by atoms with Crippen LogP contribution in [0.4, 0.5) is 0 Å². The van der Waals surface area contributed by atoms with Crippen molar-refractivity contribution in [3.8, 4) is 0 Å². The third-order valence-electron chi connectivity index (χ3n) is 2.35. The Bertz CT molecular complexity index is 257. The maximum Gasteiger partial charge on any atom is 0.235 e. The highest BCUT2D eigenvalue weighted by atomic mass is 16.1. The zero-order valence-electron chi connectivity index (χ0n) is 7.32. The molecule has 0 unspecified atom stereocenters. The zero-order valence-corrected chi connectivity index (χ0v) is 7.32. The second kappa shape index (κ2) is 4.70. The van der Waals surface area contributed by atoms with Crippen molar-refractivity contribution in [1.29, 1.82) is 0 Å². The Hall–Kier alpha value is -1.24. The van der Waals surface area contributed by atoms with Crippen molar-refractivity contribution in [2.45, 2.75) is 37.6 Å². The first-order valence-electron chi connectivity index (χ1n) is 4.33. The number of isocyanates is 2. The van der Waals surface area contributed by atoms with Crippen LogP contribution in [-0.2, 0) is 9.59 Å². The van der Waals surface area contributed by atoms with Gasteiger partial charge in [-0.2, -0.15) is 9.98 Å². The van der Waals surface area contributed by atoms with Crippen LogP contribution in [0.25, 0.3) is 0 Å². The van der Waals surface area contributed by atoms with Crippen LogP contribution in [0.3, 0.4) is 0 Å². The van der Waals surface area contributed by atoms with Gasteiger partial charge in [0.1, 0.15) is 6.54 Å². The summed E-state index contributed by atoms with van der Waals surface area (Å²) >= 11 is 0. The van der Waals surface area contributed by atoms with E-state index in [4.69, 9.17) is 0 Å². The molecule has 1 rings (SSSR count). The number of nitrogens with zero attached hydrogens (tertiary/aromatic N) is 2. The molecule has 0 aliphatic heterocycles. The van der Waals surface area contributed by atoms with Gasteiger partial charge in [0.05, 0.1) is 5.54 Å². The molecule has 0 aromatic heterocycles. The highest BCUT2D eigenvalue weighted by Crippen LogP contribution is 2.33. The van der Waals surface area contributed by atoms with E-state index in [9.17, 15) is 9.59 Å². The number of aliphatic imine (C=N–C) groups is 2. The fourth-order valence-corrected chi connectivity index (χ4v) is 1.67. The minimum atomic E-state index is -0.572. The van der Waals surface area contributed by atoms with Crippen LogP contribution < -0.4 is 0 Å². The summed E-state index contributed by atoms with van der Waals surface area (Å²) in [7, 11) is 0. The van der Waals surface area contributed by atoms with E-state index in [2.05, 4.69) is 9.98 Å². The summed E-state index contributed by atoms with van der Waals surface area (Å²) < 4.78 is 0. The Balaban J connectivity index is 2.71. The molecule has 1 aliphatic carbocycles. The van der Waals surface area contributed by atoms with E-state index >= 15 is 0 Å². The average molecular weight is 179 g/mol. The van der Waals surface area contributed by atoms with Crippen LogP contribution in [0.1, 0.15) is 32.1 Å². The summed E-state index contributed by atoms with van der Waals surface area (Å²) in [4.78, 5) is 27.2. The van der Waals surface area contributed by atoms with E-state index in [1.165, 1.54) is 12.6 Å². The molecule has 1 radical (unpaired) electrons. The smallest absolute Gasteiger partial charge is 0.211 e. The second-order valence-corrected chi connectivity index (χ2v) is 3.22. The van der Waals surface area contributed by atoms with Gasteiger partial charge in [-0.05, 0) is 12.8 Å². The maximum atomic E-state index is 10.2. The van der Waals surface area contributed by atoms with Gasteiger partial charge in [-0.15, -0.1) is 0 Å². The molecule has 1 aliphatic rings. The first-order valence-corrected chi connectivity index (χ1v) is 4.33. The van der Waals surface area contributed by atoms with Crippen molar-refractivity contribution < 1.29 is 9.59 Å². The lowest BCUT2D eigenvalue weighted by Crippen LogP contribution is -2.29. The van der Waals surface area contributed by atoms with Gasteiger partial charge in [0, 0.05) is 0 Å². The molecule has 0 spiro atoms. The lowest BCUT2D eigenvalue weighted by molar-refractivity contribution is 0.336. The molecule has 0 aromatic rings. The number of carbonyl (C=O) groups excluding carboxylic acids is 2. The largest absolute Gasteiger partial charge is 0.235 e. The van der Waals surface area contributed by atoms with Crippen LogP contribution >= 0.6 is 0 Å².